The zero-order valence-electron chi connectivity index (χ0n) is 20.0. The van der Waals surface area contributed by atoms with E-state index in [1.807, 2.05) is 11.0 Å². The summed E-state index contributed by atoms with van der Waals surface area (Å²) >= 11 is 12.4. The number of carbonyl (C=O) groups is 1. The zero-order valence-corrected chi connectivity index (χ0v) is 21.5. The van der Waals surface area contributed by atoms with Crippen LogP contribution >= 0.6 is 23.2 Å². The first-order chi connectivity index (χ1) is 17.5. The minimum absolute atomic E-state index is 0.174. The van der Waals surface area contributed by atoms with Crippen LogP contribution in [0.25, 0.3) is 0 Å². The number of likely N-dealkylation sites (tertiary alicyclic amines) is 1. The molecule has 2 aromatic carbocycles. The fourth-order valence-electron chi connectivity index (χ4n) is 4.61. The highest BCUT2D eigenvalue weighted by atomic mass is 35.5. The number of hydrogen-bond donors (Lipinski definition) is 1. The number of halogens is 6. The number of amides is 1. The van der Waals surface area contributed by atoms with Gasteiger partial charge >= 0.3 is 6.18 Å². The Bertz CT molecular complexity index is 1290. The molecule has 2 atom stereocenters. The van der Waals surface area contributed by atoms with Gasteiger partial charge in [-0.15, -0.1) is 0 Å². The van der Waals surface area contributed by atoms with Gasteiger partial charge in [-0.3, -0.25) is 9.69 Å². The molecule has 1 N–H and O–H groups in total. The maximum Gasteiger partial charge on any atom is 0.419 e. The number of benzene rings is 2. The standard InChI is InChI=1S/C26H24Cl2F4N4O/c1-33-24-8-5-17(11-34-24)25(37)36-13-18(16-4-7-20(27)21(28)10-16)23(14-36)35(2)12-15-3-6-19(22(29)9-15)26(30,31)32/h3-11,18,23H,12-14H2,1-2H3,(H,33,34). The molecule has 0 spiro atoms. The number of pyridine rings is 1. The van der Waals surface area contributed by atoms with Crippen LogP contribution in [0.15, 0.2) is 54.7 Å². The molecule has 0 bridgehead atoms. The van der Waals surface area contributed by atoms with E-state index in [9.17, 15) is 22.4 Å². The van der Waals surface area contributed by atoms with Gasteiger partial charge in [0.05, 0.1) is 21.2 Å². The Balaban J connectivity index is 1.60. The van der Waals surface area contributed by atoms with Crippen molar-refractivity contribution in [3.05, 3.63) is 92.8 Å². The van der Waals surface area contributed by atoms with Crippen LogP contribution in [-0.2, 0) is 12.7 Å². The predicted octanol–water partition coefficient (Wildman–Crippen LogP) is 6.33. The number of anilines is 1. The number of aromatic nitrogens is 1. The van der Waals surface area contributed by atoms with Crippen molar-refractivity contribution in [1.82, 2.24) is 14.8 Å². The lowest BCUT2D eigenvalue weighted by molar-refractivity contribution is -0.140. The number of alkyl halides is 3. The van der Waals surface area contributed by atoms with E-state index in [1.54, 1.807) is 43.3 Å². The van der Waals surface area contributed by atoms with E-state index in [1.165, 1.54) is 12.3 Å². The van der Waals surface area contributed by atoms with Crippen molar-refractivity contribution >= 4 is 34.9 Å². The molecule has 2 unspecified atom stereocenters. The maximum absolute atomic E-state index is 14.2. The quantitative estimate of drug-likeness (QED) is 0.362. The van der Waals surface area contributed by atoms with Crippen LogP contribution < -0.4 is 5.32 Å². The minimum Gasteiger partial charge on any atom is -0.373 e. The summed E-state index contributed by atoms with van der Waals surface area (Å²) in [5.74, 6) is -1.06. The zero-order chi connectivity index (χ0) is 26.9. The molecule has 1 aliphatic rings. The van der Waals surface area contributed by atoms with Crippen LogP contribution in [-0.4, -0.2) is 53.9 Å². The summed E-state index contributed by atoms with van der Waals surface area (Å²) in [6.07, 6.45) is -3.26. The van der Waals surface area contributed by atoms with Crippen molar-refractivity contribution in [3.63, 3.8) is 0 Å². The van der Waals surface area contributed by atoms with Crippen molar-refractivity contribution in [1.29, 1.82) is 0 Å². The summed E-state index contributed by atoms with van der Waals surface area (Å²) in [4.78, 5) is 21.1. The molecule has 5 nitrogen and oxygen atoms in total. The second-order valence-electron chi connectivity index (χ2n) is 8.97. The van der Waals surface area contributed by atoms with Gasteiger partial charge in [-0.2, -0.15) is 13.2 Å². The maximum atomic E-state index is 14.2. The number of nitrogens with zero attached hydrogens (tertiary/aromatic N) is 3. The van der Waals surface area contributed by atoms with Gasteiger partial charge in [0.1, 0.15) is 11.6 Å². The van der Waals surface area contributed by atoms with Crippen molar-refractivity contribution in [2.45, 2.75) is 24.7 Å². The third kappa shape index (κ3) is 6.00. The van der Waals surface area contributed by atoms with Gasteiger partial charge in [0.25, 0.3) is 5.91 Å². The van der Waals surface area contributed by atoms with Gasteiger partial charge in [0, 0.05) is 44.8 Å². The highest BCUT2D eigenvalue weighted by Gasteiger charge is 2.39. The first kappa shape index (κ1) is 27.2. The van der Waals surface area contributed by atoms with E-state index >= 15 is 0 Å². The normalized spacial score (nSPS) is 17.9. The minimum atomic E-state index is -4.76. The van der Waals surface area contributed by atoms with E-state index < -0.39 is 17.6 Å². The summed E-state index contributed by atoms with van der Waals surface area (Å²) in [5, 5.41) is 3.68. The number of carbonyl (C=O) groups excluding carboxylic acids is 1. The molecule has 37 heavy (non-hydrogen) atoms. The van der Waals surface area contributed by atoms with Gasteiger partial charge < -0.3 is 10.2 Å². The molecule has 1 aliphatic heterocycles. The Kier molecular flexibility index (Phi) is 7.96. The molecule has 3 aromatic rings. The van der Waals surface area contributed by atoms with E-state index in [0.717, 1.165) is 17.7 Å². The molecular weight excluding hydrogens is 531 g/mol. The summed E-state index contributed by atoms with van der Waals surface area (Å²) in [6.45, 7) is 0.899. The molecule has 0 aliphatic carbocycles. The topological polar surface area (TPSA) is 48.5 Å². The molecule has 1 fully saturated rings. The lowest BCUT2D eigenvalue weighted by Crippen LogP contribution is -2.38. The number of nitrogens with one attached hydrogen (secondary N) is 1. The monoisotopic (exact) mass is 554 g/mol. The third-order valence-corrected chi connectivity index (χ3v) is 7.29. The molecule has 0 saturated carbocycles. The lowest BCUT2D eigenvalue weighted by atomic mass is 9.93. The fraction of sp³-hybridized carbons (Fsp3) is 0.308. The van der Waals surface area contributed by atoms with Gasteiger partial charge in [-0.1, -0.05) is 35.3 Å². The molecular formula is C26H24Cl2F4N4O. The SMILES string of the molecule is CNc1ccc(C(=O)N2CC(c3ccc(Cl)c(Cl)c3)C(N(C)Cc3ccc(C(F)(F)F)c(F)c3)C2)cn1. The Morgan fingerprint density at radius 1 is 1.11 bits per heavy atom. The summed E-state index contributed by atoms with van der Waals surface area (Å²) < 4.78 is 53.1. The van der Waals surface area contributed by atoms with Gasteiger partial charge in [0.2, 0.25) is 0 Å². The highest BCUT2D eigenvalue weighted by Crippen LogP contribution is 2.36. The van der Waals surface area contributed by atoms with E-state index in [4.69, 9.17) is 23.2 Å². The van der Waals surface area contributed by atoms with Crippen LogP contribution in [0.4, 0.5) is 23.4 Å². The number of rotatable bonds is 6. The molecule has 1 saturated heterocycles. The van der Waals surface area contributed by atoms with Crippen molar-refractivity contribution in [2.75, 3.05) is 32.5 Å². The fourth-order valence-corrected chi connectivity index (χ4v) is 4.92. The largest absolute Gasteiger partial charge is 0.419 e. The second-order valence-corrected chi connectivity index (χ2v) is 9.78. The van der Waals surface area contributed by atoms with Crippen LogP contribution in [0.2, 0.25) is 10.0 Å². The van der Waals surface area contributed by atoms with Crippen LogP contribution in [0, 0.1) is 5.82 Å². The van der Waals surface area contributed by atoms with Gasteiger partial charge in [-0.25, -0.2) is 9.37 Å². The van der Waals surface area contributed by atoms with E-state index in [2.05, 4.69) is 10.3 Å². The van der Waals surface area contributed by atoms with E-state index in [-0.39, 0.29) is 24.4 Å². The van der Waals surface area contributed by atoms with Gasteiger partial charge in [0.15, 0.2) is 0 Å². The predicted molar refractivity (Wildman–Crippen MR) is 136 cm³/mol. The Hall–Kier alpha value is -2.88. The Labute approximate surface area is 222 Å². The Morgan fingerprint density at radius 3 is 2.46 bits per heavy atom. The molecule has 1 aromatic heterocycles. The van der Waals surface area contributed by atoms with Crippen LogP contribution in [0.3, 0.4) is 0 Å². The third-order valence-electron chi connectivity index (χ3n) is 6.55. The molecule has 2 heterocycles. The van der Waals surface area contributed by atoms with Crippen LogP contribution in [0.1, 0.15) is 33.0 Å². The van der Waals surface area contributed by atoms with Crippen molar-refractivity contribution in [3.8, 4) is 0 Å². The first-order valence-corrected chi connectivity index (χ1v) is 12.2. The van der Waals surface area contributed by atoms with Crippen molar-refractivity contribution in [2.24, 2.45) is 0 Å². The number of likely N-dealkylation sites (N-methyl/N-ethyl adjacent to an activating group) is 1. The van der Waals surface area contributed by atoms with E-state index in [0.29, 0.717) is 40.1 Å². The average molecular weight is 555 g/mol. The summed E-state index contributed by atoms with van der Waals surface area (Å²) in [7, 11) is 3.52. The average Bonchev–Trinajstić information content (AvgIpc) is 3.30. The molecule has 196 valence electrons. The van der Waals surface area contributed by atoms with Gasteiger partial charge in [-0.05, 0) is 54.6 Å². The Morgan fingerprint density at radius 2 is 1.86 bits per heavy atom. The van der Waals surface area contributed by atoms with Crippen LogP contribution in [0.5, 0.6) is 0 Å². The van der Waals surface area contributed by atoms with Crippen molar-refractivity contribution < 1.29 is 22.4 Å². The molecule has 4 rings (SSSR count). The smallest absolute Gasteiger partial charge is 0.373 e. The lowest BCUT2D eigenvalue weighted by Gasteiger charge is -2.29. The summed E-state index contributed by atoms with van der Waals surface area (Å²) in [5.41, 5.74) is 0.379. The number of hydrogen-bond acceptors (Lipinski definition) is 4. The molecule has 1 amide bonds. The first-order valence-electron chi connectivity index (χ1n) is 11.4. The molecule has 0 radical (unpaired) electrons. The molecule has 11 heteroatoms. The highest BCUT2D eigenvalue weighted by molar-refractivity contribution is 6.42. The second kappa shape index (κ2) is 10.8. The summed E-state index contributed by atoms with van der Waals surface area (Å²) in [6, 6.07) is 11.4.